The molecule has 11 rings (SSSR count). The van der Waals surface area contributed by atoms with Gasteiger partial charge in [-0.05, 0) is 117 Å². The maximum absolute atomic E-state index is 5.16. The Kier molecular flexibility index (Phi) is 7.61. The minimum atomic E-state index is 0. The molecule has 1 heterocycles. The van der Waals surface area contributed by atoms with E-state index in [0.717, 1.165) is 34.7 Å². The molecule has 1 spiro atoms. The van der Waals surface area contributed by atoms with Crippen LogP contribution in [0.2, 0.25) is 0 Å². The molecule has 0 radical (unpaired) electrons. The number of fused-ring (bicyclic) bond motifs is 8. The summed E-state index contributed by atoms with van der Waals surface area (Å²) in [4.78, 5) is 5.16. The Morgan fingerprint density at radius 1 is 0.545 bits per heavy atom. The van der Waals surface area contributed by atoms with Crippen LogP contribution in [0.4, 0.5) is 0 Å². The number of rotatable bonds is 1. The first-order chi connectivity index (χ1) is 21.3. The van der Waals surface area contributed by atoms with Crippen LogP contribution in [0.5, 0.6) is 0 Å². The van der Waals surface area contributed by atoms with Crippen LogP contribution in [-0.2, 0) is 26.5 Å². The summed E-state index contributed by atoms with van der Waals surface area (Å²) in [5.41, 5.74) is 11.3. The molecule has 1 nitrogen and oxygen atoms in total. The van der Waals surface area contributed by atoms with Crippen LogP contribution in [-0.4, -0.2) is 0 Å². The van der Waals surface area contributed by atoms with E-state index in [4.69, 9.17) is 4.98 Å². The first-order valence-corrected chi connectivity index (χ1v) is 16.9. The van der Waals surface area contributed by atoms with Crippen molar-refractivity contribution in [2.45, 2.75) is 65.2 Å². The van der Waals surface area contributed by atoms with Crippen molar-refractivity contribution in [2.75, 3.05) is 0 Å². The molecule has 0 unspecified atom stereocenters. The largest absolute Gasteiger partial charge is 0.656 e. The third kappa shape index (κ3) is 4.01. The Morgan fingerprint density at radius 2 is 1.16 bits per heavy atom. The summed E-state index contributed by atoms with van der Waals surface area (Å²) >= 11 is 0. The number of hydrogen-bond donors (Lipinski definition) is 0. The van der Waals surface area contributed by atoms with Crippen LogP contribution in [0.3, 0.4) is 0 Å². The summed E-state index contributed by atoms with van der Waals surface area (Å²) in [6.45, 7) is 8.00. The van der Waals surface area contributed by atoms with Crippen LogP contribution in [0.1, 0.15) is 70.9 Å². The second-order valence-corrected chi connectivity index (χ2v) is 13.0. The molecule has 4 saturated carbocycles. The minimum Gasteiger partial charge on any atom is -0.656 e. The topological polar surface area (TPSA) is 14.1 Å². The number of aromatic nitrogens is 1. The van der Waals surface area contributed by atoms with Crippen molar-refractivity contribution in [1.29, 1.82) is 0 Å². The number of hydrogen-bond acceptors (Lipinski definition) is 0. The molecular formula is C42H42NW-. The zero-order valence-corrected chi connectivity index (χ0v) is 29.4. The van der Waals surface area contributed by atoms with E-state index in [2.05, 4.69) is 97.1 Å². The van der Waals surface area contributed by atoms with Gasteiger partial charge in [-0.15, -0.1) is 11.0 Å². The number of benzene rings is 5. The summed E-state index contributed by atoms with van der Waals surface area (Å²) in [5.74, 6) is 3.58. The Labute approximate surface area is 276 Å². The van der Waals surface area contributed by atoms with E-state index in [0.29, 0.717) is 0 Å². The molecule has 44 heavy (non-hydrogen) atoms. The minimum absolute atomic E-state index is 0. The summed E-state index contributed by atoms with van der Waals surface area (Å²) in [7, 11) is 0. The summed E-state index contributed by atoms with van der Waals surface area (Å²) in [5, 5.41) is 4.99. The van der Waals surface area contributed by atoms with E-state index in [-0.39, 0.29) is 26.5 Å². The van der Waals surface area contributed by atoms with Gasteiger partial charge in [-0.25, -0.2) is 0 Å². The van der Waals surface area contributed by atoms with E-state index >= 15 is 0 Å². The molecule has 5 aromatic carbocycles. The molecule has 0 N–H and O–H groups in total. The normalized spacial score (nSPS) is 25.2. The van der Waals surface area contributed by atoms with Crippen molar-refractivity contribution in [3.63, 3.8) is 0 Å². The van der Waals surface area contributed by atoms with Gasteiger partial charge in [0.25, 0.3) is 0 Å². The third-order valence-corrected chi connectivity index (χ3v) is 11.3. The van der Waals surface area contributed by atoms with Crippen LogP contribution >= 0.6 is 0 Å². The molecule has 6 aromatic rings. The van der Waals surface area contributed by atoms with Gasteiger partial charge in [0.1, 0.15) is 0 Å². The van der Waals surface area contributed by atoms with Crippen molar-refractivity contribution >= 4 is 32.6 Å². The average molecular weight is 745 g/mol. The average Bonchev–Trinajstić information content (AvgIpc) is 3.59. The molecule has 5 aliphatic rings. The predicted octanol–water partition coefficient (Wildman–Crippen LogP) is 11.5. The molecule has 0 atom stereocenters. The molecule has 4 fully saturated rings. The first-order valence-electron chi connectivity index (χ1n) is 16.9. The fourth-order valence-corrected chi connectivity index (χ4v) is 10.1. The summed E-state index contributed by atoms with van der Waals surface area (Å²) < 4.78 is 0. The SMILES string of the molecule is CC.CC.[W].c1ccc2c(c1)-c1cc(-c3ccc4c(c3)[n-]c3c5ccccc5ccc43)ccc1C21C2CC3CC(C2)CC1C3. The smallest absolute Gasteiger partial charge is 0.0271 e. The van der Waals surface area contributed by atoms with Gasteiger partial charge < -0.3 is 4.98 Å². The van der Waals surface area contributed by atoms with Crippen molar-refractivity contribution < 1.29 is 21.1 Å². The second kappa shape index (κ2) is 11.3. The van der Waals surface area contributed by atoms with E-state index in [9.17, 15) is 0 Å². The molecule has 0 amide bonds. The van der Waals surface area contributed by atoms with Crippen molar-refractivity contribution in [1.82, 2.24) is 4.98 Å². The Bertz CT molecular complexity index is 1970. The zero-order valence-electron chi connectivity index (χ0n) is 26.4. The van der Waals surface area contributed by atoms with Crippen molar-refractivity contribution in [3.8, 4) is 22.3 Å². The third-order valence-electron chi connectivity index (χ3n) is 11.3. The van der Waals surface area contributed by atoms with Gasteiger partial charge in [-0.1, -0.05) is 119 Å². The molecule has 222 valence electrons. The van der Waals surface area contributed by atoms with Gasteiger partial charge in [-0.3, -0.25) is 0 Å². The molecular weight excluding hydrogens is 702 g/mol. The van der Waals surface area contributed by atoms with Gasteiger partial charge in [0, 0.05) is 26.5 Å². The van der Waals surface area contributed by atoms with E-state index < -0.39 is 0 Å². The van der Waals surface area contributed by atoms with Gasteiger partial charge in [0.05, 0.1) is 0 Å². The second-order valence-electron chi connectivity index (χ2n) is 13.0. The predicted molar refractivity (Wildman–Crippen MR) is 184 cm³/mol. The van der Waals surface area contributed by atoms with Gasteiger partial charge in [0.15, 0.2) is 0 Å². The Hall–Kier alpha value is -3.15. The van der Waals surface area contributed by atoms with Gasteiger partial charge >= 0.3 is 0 Å². The Morgan fingerprint density at radius 3 is 1.93 bits per heavy atom. The first kappa shape index (κ1) is 29.6. The van der Waals surface area contributed by atoms with Crippen molar-refractivity contribution in [3.05, 3.63) is 108 Å². The van der Waals surface area contributed by atoms with Crippen LogP contribution in [0.25, 0.3) is 54.8 Å². The standard InChI is InChI=1S/C38H30N.2C2H6.W/c1-2-6-29-24(5-1)9-13-32-31-12-10-26(21-36(31)39-37(29)32)25-11-14-35-33(20-25)30-7-3-4-8-34(30)38(35)27-16-22-15-23(18-27)19-28(38)17-22;2*1-2;/h1-14,20-23,27-28H,15-19H2;2*1-2H3;/q-1;;;. The maximum Gasteiger partial charge on any atom is 0.0271 e. The molecule has 0 saturated heterocycles. The van der Waals surface area contributed by atoms with Gasteiger partial charge in [-0.2, -0.15) is 0 Å². The van der Waals surface area contributed by atoms with Crippen molar-refractivity contribution in [2.24, 2.45) is 23.7 Å². The molecule has 2 heteroatoms. The fourth-order valence-electron chi connectivity index (χ4n) is 10.1. The molecule has 0 aliphatic heterocycles. The molecule has 1 aromatic heterocycles. The van der Waals surface area contributed by atoms with E-state index in [1.165, 1.54) is 75.9 Å². The molecule has 4 bridgehead atoms. The van der Waals surface area contributed by atoms with Crippen LogP contribution in [0.15, 0.2) is 97.1 Å². The summed E-state index contributed by atoms with van der Waals surface area (Å²) in [6, 6.07) is 36.8. The number of nitrogens with zero attached hydrogens (tertiary/aromatic N) is 1. The van der Waals surface area contributed by atoms with E-state index in [1.807, 2.05) is 27.7 Å². The monoisotopic (exact) mass is 744 g/mol. The Balaban J connectivity index is 0.000000603. The maximum atomic E-state index is 5.16. The molecule has 5 aliphatic carbocycles. The quantitative estimate of drug-likeness (QED) is 0.164. The van der Waals surface area contributed by atoms with Gasteiger partial charge in [0.2, 0.25) is 0 Å². The fraction of sp³-hybridized carbons (Fsp3) is 0.333. The van der Waals surface area contributed by atoms with Crippen LogP contribution in [0, 0.1) is 23.7 Å². The zero-order chi connectivity index (χ0) is 29.3. The van der Waals surface area contributed by atoms with Crippen LogP contribution < -0.4 is 4.98 Å². The van der Waals surface area contributed by atoms with E-state index in [1.54, 1.807) is 11.1 Å². The summed E-state index contributed by atoms with van der Waals surface area (Å²) in [6.07, 6.45) is 7.24.